The maximum atomic E-state index is 13.1. The summed E-state index contributed by atoms with van der Waals surface area (Å²) in [5.74, 6) is -0.711. The number of hydrogen-bond donors (Lipinski definition) is 2. The Morgan fingerprint density at radius 1 is 1.19 bits per heavy atom. The molecule has 1 fully saturated rings. The van der Waals surface area contributed by atoms with Crippen LogP contribution in [0.4, 0.5) is 29.3 Å². The summed E-state index contributed by atoms with van der Waals surface area (Å²) in [6.07, 6.45) is -3.57. The molecular weight excluding hydrogens is 437 g/mol. The molecule has 1 aromatic heterocycles. The number of anilines is 2. The fourth-order valence-electron chi connectivity index (χ4n) is 2.49. The van der Waals surface area contributed by atoms with E-state index >= 15 is 0 Å². The van der Waals surface area contributed by atoms with E-state index in [0.29, 0.717) is 5.16 Å². The Bertz CT molecular complexity index is 969. The molecule has 0 radical (unpaired) electrons. The van der Waals surface area contributed by atoms with Gasteiger partial charge in [0.05, 0.1) is 28.7 Å². The Morgan fingerprint density at radius 2 is 1.90 bits per heavy atom. The van der Waals surface area contributed by atoms with E-state index in [1.807, 2.05) is 0 Å². The molecule has 9 nitrogen and oxygen atoms in total. The van der Waals surface area contributed by atoms with Crippen LogP contribution in [0.1, 0.15) is 45.2 Å². The molecule has 0 saturated heterocycles. The lowest BCUT2D eigenvalue weighted by molar-refractivity contribution is -0.137. The van der Waals surface area contributed by atoms with Crippen LogP contribution < -0.4 is 10.6 Å². The number of hydrogen-bond acceptors (Lipinski definition) is 7. The van der Waals surface area contributed by atoms with E-state index in [2.05, 4.69) is 26.2 Å². The largest absolute Gasteiger partial charge is 0.444 e. The molecule has 0 spiro atoms. The average Bonchev–Trinajstić information content (AvgIpc) is 3.37. The van der Waals surface area contributed by atoms with Crippen LogP contribution in [0.2, 0.25) is 0 Å². The van der Waals surface area contributed by atoms with Crippen LogP contribution >= 0.6 is 11.8 Å². The zero-order valence-electron chi connectivity index (χ0n) is 17.0. The first-order chi connectivity index (χ1) is 14.4. The number of benzene rings is 1. The van der Waals surface area contributed by atoms with Gasteiger partial charge in [-0.15, -0.1) is 5.10 Å². The van der Waals surface area contributed by atoms with Gasteiger partial charge in [0.25, 0.3) is 0 Å². The van der Waals surface area contributed by atoms with Crippen molar-refractivity contribution in [1.29, 1.82) is 0 Å². The van der Waals surface area contributed by atoms with E-state index in [0.717, 1.165) is 42.8 Å². The number of aromatic nitrogens is 4. The highest BCUT2D eigenvalue weighted by molar-refractivity contribution is 7.99. The molecule has 0 bridgehead atoms. The van der Waals surface area contributed by atoms with Crippen LogP contribution in [0.25, 0.3) is 0 Å². The molecule has 1 aromatic carbocycles. The minimum atomic E-state index is -4.62. The maximum absolute atomic E-state index is 13.1. The normalized spacial score (nSPS) is 14.3. The molecule has 1 aliphatic rings. The Balaban J connectivity index is 1.72. The van der Waals surface area contributed by atoms with Crippen LogP contribution in [-0.2, 0) is 15.7 Å². The summed E-state index contributed by atoms with van der Waals surface area (Å²) in [7, 11) is 0. The Hall–Kier alpha value is -2.83. The van der Waals surface area contributed by atoms with Gasteiger partial charge in [0.1, 0.15) is 5.60 Å². The van der Waals surface area contributed by atoms with E-state index in [1.54, 1.807) is 25.5 Å². The predicted octanol–water partition coefficient (Wildman–Crippen LogP) is 4.10. The Kier molecular flexibility index (Phi) is 6.43. The number of nitrogens with one attached hydrogen (secondary N) is 2. The number of nitrogens with zero attached hydrogens (tertiary/aromatic N) is 4. The third-order valence-corrected chi connectivity index (χ3v) is 4.88. The lowest BCUT2D eigenvalue weighted by atomic mass is 10.1. The van der Waals surface area contributed by atoms with Gasteiger partial charge < -0.3 is 10.1 Å². The van der Waals surface area contributed by atoms with Crippen LogP contribution in [0.15, 0.2) is 23.4 Å². The Morgan fingerprint density at radius 3 is 2.52 bits per heavy atom. The molecule has 1 aliphatic carbocycles. The smallest absolute Gasteiger partial charge is 0.416 e. The summed E-state index contributed by atoms with van der Waals surface area (Å²) in [5, 5.41) is 16.5. The molecule has 1 heterocycles. The van der Waals surface area contributed by atoms with Gasteiger partial charge in [-0.25, -0.2) is 9.48 Å². The van der Waals surface area contributed by atoms with Gasteiger partial charge in [-0.1, -0.05) is 11.8 Å². The number of rotatable bonds is 6. The number of alkyl halides is 3. The van der Waals surface area contributed by atoms with Gasteiger partial charge >= 0.3 is 12.3 Å². The zero-order chi connectivity index (χ0) is 22.8. The number of tetrazole rings is 1. The summed E-state index contributed by atoms with van der Waals surface area (Å²) >= 11 is 1.07. The van der Waals surface area contributed by atoms with Crippen LogP contribution in [0, 0.1) is 0 Å². The molecule has 31 heavy (non-hydrogen) atoms. The Labute approximate surface area is 180 Å². The summed E-state index contributed by atoms with van der Waals surface area (Å²) in [6.45, 7) is 4.94. The number of halogens is 3. The van der Waals surface area contributed by atoms with Crippen molar-refractivity contribution in [2.75, 3.05) is 16.4 Å². The summed E-state index contributed by atoms with van der Waals surface area (Å²) in [4.78, 5) is 24.4. The molecule has 3 rings (SSSR count). The number of thioether (sulfide) groups is 1. The topological polar surface area (TPSA) is 111 Å². The first kappa shape index (κ1) is 22.8. The van der Waals surface area contributed by atoms with E-state index in [9.17, 15) is 22.8 Å². The zero-order valence-corrected chi connectivity index (χ0v) is 17.8. The molecule has 2 aromatic rings. The van der Waals surface area contributed by atoms with Crippen molar-refractivity contribution in [3.63, 3.8) is 0 Å². The quantitative estimate of drug-likeness (QED) is 0.627. The average molecular weight is 458 g/mol. The summed E-state index contributed by atoms with van der Waals surface area (Å²) in [6, 6.07) is 2.83. The third kappa shape index (κ3) is 6.57. The van der Waals surface area contributed by atoms with Crippen molar-refractivity contribution >= 4 is 35.1 Å². The lowest BCUT2D eigenvalue weighted by Crippen LogP contribution is -2.28. The molecule has 2 amide bonds. The van der Waals surface area contributed by atoms with Crippen LogP contribution in [-0.4, -0.2) is 43.6 Å². The second-order valence-corrected chi connectivity index (χ2v) is 8.80. The minimum Gasteiger partial charge on any atom is -0.444 e. The number of carbonyl (C=O) groups excluding carboxylic acids is 2. The van der Waals surface area contributed by atoms with Crippen molar-refractivity contribution in [3.05, 3.63) is 23.8 Å². The molecule has 13 heteroatoms. The minimum absolute atomic E-state index is 0.0246. The van der Waals surface area contributed by atoms with Gasteiger partial charge in [-0.05, 0) is 62.2 Å². The fraction of sp³-hybridized carbons (Fsp3) is 0.500. The fourth-order valence-corrected chi connectivity index (χ4v) is 3.24. The SMILES string of the molecule is CC(C)(C)OC(=O)Nc1ccc(C(F)(F)F)cc1NC(=O)CSc1nnnn1C1CC1. The van der Waals surface area contributed by atoms with E-state index < -0.39 is 29.3 Å². The molecular formula is C18H21F3N6O3S. The van der Waals surface area contributed by atoms with Crippen LogP contribution in [0.3, 0.4) is 0 Å². The predicted molar refractivity (Wildman–Crippen MR) is 107 cm³/mol. The molecule has 2 N–H and O–H groups in total. The second-order valence-electron chi connectivity index (χ2n) is 7.86. The highest BCUT2D eigenvalue weighted by Crippen LogP contribution is 2.37. The maximum Gasteiger partial charge on any atom is 0.416 e. The standard InChI is InChI=1S/C18H21F3N6O3S/c1-17(2,3)30-16(29)23-12-7-4-10(18(19,20)21)8-13(12)22-14(28)9-31-15-24-25-26-27(15)11-5-6-11/h4,7-8,11H,5-6,9H2,1-3H3,(H,22,28)(H,23,29). The highest BCUT2D eigenvalue weighted by Gasteiger charge is 2.32. The van der Waals surface area contributed by atoms with E-state index in [1.165, 1.54) is 0 Å². The molecule has 168 valence electrons. The molecule has 1 saturated carbocycles. The van der Waals surface area contributed by atoms with E-state index in [4.69, 9.17) is 4.74 Å². The van der Waals surface area contributed by atoms with Crippen molar-refractivity contribution in [3.8, 4) is 0 Å². The van der Waals surface area contributed by atoms with E-state index in [-0.39, 0.29) is 23.2 Å². The van der Waals surface area contributed by atoms with Crippen molar-refractivity contribution in [1.82, 2.24) is 20.2 Å². The highest BCUT2D eigenvalue weighted by atomic mass is 32.2. The van der Waals surface area contributed by atoms with Gasteiger partial charge in [0.15, 0.2) is 0 Å². The van der Waals surface area contributed by atoms with Gasteiger partial charge in [-0.2, -0.15) is 13.2 Å². The van der Waals surface area contributed by atoms with Crippen molar-refractivity contribution < 1.29 is 27.5 Å². The third-order valence-electron chi connectivity index (χ3n) is 3.94. The number of carbonyl (C=O) groups is 2. The second kappa shape index (κ2) is 8.73. The van der Waals surface area contributed by atoms with Gasteiger partial charge in [0.2, 0.25) is 11.1 Å². The van der Waals surface area contributed by atoms with Crippen molar-refractivity contribution in [2.24, 2.45) is 0 Å². The van der Waals surface area contributed by atoms with Crippen LogP contribution in [0.5, 0.6) is 0 Å². The molecule has 0 aliphatic heterocycles. The van der Waals surface area contributed by atoms with Gasteiger partial charge in [0, 0.05) is 0 Å². The molecule has 0 unspecified atom stereocenters. The first-order valence-corrected chi connectivity index (χ1v) is 10.3. The van der Waals surface area contributed by atoms with Gasteiger partial charge in [-0.3, -0.25) is 10.1 Å². The van der Waals surface area contributed by atoms with Crippen molar-refractivity contribution in [2.45, 2.75) is 56.6 Å². The number of ether oxygens (including phenoxy) is 1. The summed E-state index contributed by atoms with van der Waals surface area (Å²) < 4.78 is 46.1. The summed E-state index contributed by atoms with van der Waals surface area (Å²) in [5.41, 5.74) is -2.00. The monoisotopic (exact) mass is 458 g/mol. The first-order valence-electron chi connectivity index (χ1n) is 9.34. The lowest BCUT2D eigenvalue weighted by Gasteiger charge is -2.21. The molecule has 0 atom stereocenters. The number of amides is 2.